The summed E-state index contributed by atoms with van der Waals surface area (Å²) in [6.45, 7) is 4.16. The Balaban J connectivity index is 2.75. The lowest BCUT2D eigenvalue weighted by molar-refractivity contribution is -0.135. The molecule has 0 aliphatic rings. The lowest BCUT2D eigenvalue weighted by Crippen LogP contribution is -2.44. The summed E-state index contributed by atoms with van der Waals surface area (Å²) in [5.41, 5.74) is 1.64. The number of urea groups is 1. The number of carboxylic acids is 1. The number of thioether (sulfide) groups is 1. The Hall–Kier alpha value is -1.69. The van der Waals surface area contributed by atoms with Gasteiger partial charge in [0.15, 0.2) is 0 Å². The monoisotopic (exact) mass is 310 g/mol. The number of hydrogen-bond acceptors (Lipinski definition) is 3. The van der Waals surface area contributed by atoms with Gasteiger partial charge in [0.05, 0.1) is 0 Å². The summed E-state index contributed by atoms with van der Waals surface area (Å²) in [6.07, 6.45) is 2.02. The van der Waals surface area contributed by atoms with Gasteiger partial charge in [0.25, 0.3) is 0 Å². The predicted octanol–water partition coefficient (Wildman–Crippen LogP) is 2.59. The van der Waals surface area contributed by atoms with E-state index in [-0.39, 0.29) is 12.6 Å². The van der Waals surface area contributed by atoms with Crippen LogP contribution in [0.4, 0.5) is 10.5 Å². The molecule has 0 radical (unpaired) electrons. The second-order valence-electron chi connectivity index (χ2n) is 5.06. The van der Waals surface area contributed by atoms with E-state index in [1.807, 2.05) is 32.2 Å². The average Bonchev–Trinajstić information content (AvgIpc) is 2.43. The van der Waals surface area contributed by atoms with Crippen molar-refractivity contribution in [3.05, 3.63) is 29.8 Å². The summed E-state index contributed by atoms with van der Waals surface area (Å²) < 4.78 is 0. The third-order valence-corrected chi connectivity index (χ3v) is 3.84. The maximum atomic E-state index is 12.2. The van der Waals surface area contributed by atoms with Crippen LogP contribution in [0.3, 0.4) is 0 Å². The molecule has 0 aromatic heterocycles. The van der Waals surface area contributed by atoms with Crippen molar-refractivity contribution in [2.45, 2.75) is 13.8 Å². The number of anilines is 1. The summed E-state index contributed by atoms with van der Waals surface area (Å²) in [5, 5.41) is 11.8. The predicted molar refractivity (Wildman–Crippen MR) is 87.1 cm³/mol. The molecule has 21 heavy (non-hydrogen) atoms. The largest absolute Gasteiger partial charge is 0.480 e. The van der Waals surface area contributed by atoms with Crippen LogP contribution in [0, 0.1) is 12.8 Å². The van der Waals surface area contributed by atoms with Crippen LogP contribution in [-0.4, -0.2) is 42.2 Å². The molecule has 5 nitrogen and oxygen atoms in total. The molecule has 6 heteroatoms. The van der Waals surface area contributed by atoms with E-state index in [1.165, 1.54) is 4.90 Å². The van der Waals surface area contributed by atoms with Gasteiger partial charge in [-0.05, 0) is 37.0 Å². The molecular weight excluding hydrogens is 288 g/mol. The number of nitrogens with one attached hydrogen (secondary N) is 1. The Labute approximate surface area is 129 Å². The van der Waals surface area contributed by atoms with Crippen LogP contribution >= 0.6 is 11.8 Å². The summed E-state index contributed by atoms with van der Waals surface area (Å²) >= 11 is 1.72. The molecule has 0 aliphatic carbocycles. The summed E-state index contributed by atoms with van der Waals surface area (Å²) in [6, 6.07) is 6.84. The number of benzene rings is 1. The van der Waals surface area contributed by atoms with Gasteiger partial charge < -0.3 is 10.4 Å². The Kier molecular flexibility index (Phi) is 7.08. The number of aryl methyl sites for hydroxylation is 1. The molecule has 1 aromatic rings. The smallest absolute Gasteiger partial charge is 0.323 e. The second-order valence-corrected chi connectivity index (χ2v) is 5.97. The van der Waals surface area contributed by atoms with E-state index < -0.39 is 5.97 Å². The fraction of sp³-hybridized carbons (Fsp3) is 0.467. The van der Waals surface area contributed by atoms with Crippen LogP contribution in [0.5, 0.6) is 0 Å². The van der Waals surface area contributed by atoms with Crippen LogP contribution in [0.15, 0.2) is 24.3 Å². The summed E-state index contributed by atoms with van der Waals surface area (Å²) in [4.78, 5) is 24.4. The fourth-order valence-electron chi connectivity index (χ4n) is 1.84. The van der Waals surface area contributed by atoms with Gasteiger partial charge in [-0.25, -0.2) is 4.79 Å². The molecule has 116 valence electrons. The number of carboxylic acid groups (broad SMARTS) is 1. The minimum Gasteiger partial charge on any atom is -0.480 e. The molecule has 0 saturated heterocycles. The molecular formula is C15H22N2O3S. The first-order chi connectivity index (χ1) is 9.93. The topological polar surface area (TPSA) is 69.6 Å². The van der Waals surface area contributed by atoms with Crippen LogP contribution in [0.25, 0.3) is 0 Å². The summed E-state index contributed by atoms with van der Waals surface area (Å²) in [5.74, 6) is 0.251. The molecule has 0 heterocycles. The number of nitrogens with zero attached hydrogens (tertiary/aromatic N) is 1. The Morgan fingerprint density at radius 3 is 2.48 bits per heavy atom. The first kappa shape index (κ1) is 17.4. The number of hydrogen-bond donors (Lipinski definition) is 2. The van der Waals surface area contributed by atoms with Gasteiger partial charge >= 0.3 is 12.0 Å². The SMILES string of the molecule is CSCC(C)CNC(=O)N(CC(=O)O)c1ccc(C)cc1. The average molecular weight is 310 g/mol. The van der Waals surface area contributed by atoms with Crippen molar-refractivity contribution in [3.63, 3.8) is 0 Å². The third-order valence-electron chi connectivity index (χ3n) is 2.94. The molecule has 0 spiro atoms. The highest BCUT2D eigenvalue weighted by atomic mass is 32.2. The zero-order valence-electron chi connectivity index (χ0n) is 12.6. The number of rotatable bonds is 7. The van der Waals surface area contributed by atoms with Crippen molar-refractivity contribution in [2.24, 2.45) is 5.92 Å². The first-order valence-electron chi connectivity index (χ1n) is 6.76. The minimum absolute atomic E-state index is 0.341. The number of carbonyl (C=O) groups is 2. The zero-order chi connectivity index (χ0) is 15.8. The molecule has 1 aromatic carbocycles. The zero-order valence-corrected chi connectivity index (χ0v) is 13.4. The van der Waals surface area contributed by atoms with E-state index in [4.69, 9.17) is 5.11 Å². The fourth-order valence-corrected chi connectivity index (χ4v) is 2.53. The van der Waals surface area contributed by atoms with Gasteiger partial charge in [0, 0.05) is 12.2 Å². The van der Waals surface area contributed by atoms with Crippen LogP contribution in [0.2, 0.25) is 0 Å². The van der Waals surface area contributed by atoms with Crippen LogP contribution in [0.1, 0.15) is 12.5 Å². The molecule has 0 aliphatic heterocycles. The maximum Gasteiger partial charge on any atom is 0.323 e. The number of carbonyl (C=O) groups excluding carboxylic acids is 1. The van der Waals surface area contributed by atoms with Gasteiger partial charge in [-0.3, -0.25) is 9.69 Å². The van der Waals surface area contributed by atoms with Gasteiger partial charge in [-0.15, -0.1) is 0 Å². The highest BCUT2D eigenvalue weighted by Gasteiger charge is 2.19. The highest BCUT2D eigenvalue weighted by molar-refractivity contribution is 7.98. The lowest BCUT2D eigenvalue weighted by Gasteiger charge is -2.22. The molecule has 2 N–H and O–H groups in total. The molecule has 0 saturated carbocycles. The molecule has 0 bridgehead atoms. The minimum atomic E-state index is -1.04. The lowest BCUT2D eigenvalue weighted by atomic mass is 10.2. The molecule has 2 amide bonds. The van der Waals surface area contributed by atoms with Gasteiger partial charge in [-0.1, -0.05) is 24.6 Å². The molecule has 0 fully saturated rings. The van der Waals surface area contributed by atoms with Crippen molar-refractivity contribution in [1.82, 2.24) is 5.32 Å². The van der Waals surface area contributed by atoms with Gasteiger partial charge in [-0.2, -0.15) is 11.8 Å². The summed E-state index contributed by atoms with van der Waals surface area (Å²) in [7, 11) is 0. The van der Waals surface area contributed by atoms with Crippen molar-refractivity contribution in [1.29, 1.82) is 0 Å². The van der Waals surface area contributed by atoms with E-state index in [0.717, 1.165) is 11.3 Å². The van der Waals surface area contributed by atoms with Crippen molar-refractivity contribution < 1.29 is 14.7 Å². The van der Waals surface area contributed by atoms with Crippen molar-refractivity contribution in [3.8, 4) is 0 Å². The van der Waals surface area contributed by atoms with Crippen LogP contribution in [-0.2, 0) is 4.79 Å². The molecule has 1 atom stereocenters. The first-order valence-corrected chi connectivity index (χ1v) is 8.16. The molecule has 1 unspecified atom stereocenters. The third kappa shape index (κ3) is 6.08. The van der Waals surface area contributed by atoms with E-state index in [0.29, 0.717) is 18.2 Å². The quantitative estimate of drug-likeness (QED) is 0.812. The van der Waals surface area contributed by atoms with E-state index in [2.05, 4.69) is 5.32 Å². The number of amides is 2. The normalized spacial score (nSPS) is 11.8. The molecule has 1 rings (SSSR count). The van der Waals surface area contributed by atoms with E-state index in [9.17, 15) is 9.59 Å². The number of aliphatic carboxylic acids is 1. The van der Waals surface area contributed by atoms with Crippen LogP contribution < -0.4 is 10.2 Å². The van der Waals surface area contributed by atoms with E-state index >= 15 is 0 Å². The Bertz CT molecular complexity index is 476. The van der Waals surface area contributed by atoms with Gasteiger partial charge in [0.2, 0.25) is 0 Å². The van der Waals surface area contributed by atoms with Gasteiger partial charge in [0.1, 0.15) is 6.54 Å². The van der Waals surface area contributed by atoms with Crippen molar-refractivity contribution >= 4 is 29.4 Å². The Morgan fingerprint density at radius 1 is 1.33 bits per heavy atom. The van der Waals surface area contributed by atoms with E-state index in [1.54, 1.807) is 23.9 Å². The highest BCUT2D eigenvalue weighted by Crippen LogP contribution is 2.15. The Morgan fingerprint density at radius 2 is 1.95 bits per heavy atom. The van der Waals surface area contributed by atoms with Crippen molar-refractivity contribution in [2.75, 3.05) is 30.0 Å². The standard InChI is InChI=1S/C15H22N2O3S/c1-11-4-6-13(7-5-11)17(9-14(18)19)15(20)16-8-12(2)10-21-3/h4-7,12H,8-10H2,1-3H3,(H,16,20)(H,18,19). The second kappa shape index (κ2) is 8.56. The maximum absolute atomic E-state index is 12.2.